The minimum absolute atomic E-state index is 1.02. The van der Waals surface area contributed by atoms with Crippen LogP contribution < -0.4 is 0 Å². The molecule has 0 radical (unpaired) electrons. The van der Waals surface area contributed by atoms with Crippen LogP contribution in [0.1, 0.15) is 24.5 Å². The molecular weight excluding hydrogens is 192 g/mol. The monoisotopic (exact) mass is 212 g/mol. The minimum Gasteiger partial charge on any atom is -0.0958 e. The number of benzene rings is 1. The first-order valence-electron chi connectivity index (χ1n) is 5.75. The lowest BCUT2D eigenvalue weighted by Gasteiger charge is -2.01. The van der Waals surface area contributed by atoms with Crippen LogP contribution in [0.25, 0.3) is 0 Å². The quantitative estimate of drug-likeness (QED) is 0.625. The van der Waals surface area contributed by atoms with Crippen LogP contribution in [0.2, 0.25) is 0 Å². The van der Waals surface area contributed by atoms with Gasteiger partial charge in [-0.2, -0.15) is 0 Å². The molecule has 0 bridgehead atoms. The fourth-order valence-corrected chi connectivity index (χ4v) is 1.45. The lowest BCUT2D eigenvalue weighted by molar-refractivity contribution is 0.968. The van der Waals surface area contributed by atoms with Gasteiger partial charge in [0.1, 0.15) is 0 Å². The third-order valence-electron chi connectivity index (χ3n) is 2.49. The first-order chi connectivity index (χ1) is 7.72. The predicted octanol–water partition coefficient (Wildman–Crippen LogP) is 4.62. The Morgan fingerprint density at radius 1 is 1.19 bits per heavy atom. The van der Waals surface area contributed by atoms with Crippen LogP contribution in [0.5, 0.6) is 0 Å². The van der Waals surface area contributed by atoms with Crippen LogP contribution in [0.4, 0.5) is 0 Å². The van der Waals surface area contributed by atoms with Crippen LogP contribution in [-0.2, 0) is 6.42 Å². The summed E-state index contributed by atoms with van der Waals surface area (Å²) < 4.78 is 0. The Bertz CT molecular complexity index is 377. The van der Waals surface area contributed by atoms with Gasteiger partial charge in [-0.3, -0.25) is 0 Å². The summed E-state index contributed by atoms with van der Waals surface area (Å²) in [5.41, 5.74) is 3.88. The molecule has 0 N–H and O–H groups in total. The Balaban J connectivity index is 2.40. The highest BCUT2D eigenvalue weighted by atomic mass is 14.0. The van der Waals surface area contributed by atoms with E-state index in [1.54, 1.807) is 0 Å². The van der Waals surface area contributed by atoms with Gasteiger partial charge in [0.2, 0.25) is 0 Å². The summed E-state index contributed by atoms with van der Waals surface area (Å²) in [6.45, 7) is 8.17. The lowest BCUT2D eigenvalue weighted by atomic mass is 10.0. The Morgan fingerprint density at radius 2 is 1.88 bits per heavy atom. The van der Waals surface area contributed by atoms with Crippen LogP contribution in [0.3, 0.4) is 0 Å². The van der Waals surface area contributed by atoms with E-state index in [-0.39, 0.29) is 0 Å². The normalized spacial score (nSPS) is 11.4. The Labute approximate surface area is 99.0 Å². The van der Waals surface area contributed by atoms with E-state index in [1.807, 2.05) is 25.2 Å². The van der Waals surface area contributed by atoms with Crippen molar-refractivity contribution in [2.75, 3.05) is 0 Å². The van der Waals surface area contributed by atoms with Gasteiger partial charge in [0.05, 0.1) is 0 Å². The molecule has 1 rings (SSSR count). The zero-order chi connectivity index (χ0) is 11.8. The molecule has 0 aliphatic rings. The van der Waals surface area contributed by atoms with Crippen molar-refractivity contribution in [3.05, 3.63) is 71.8 Å². The first-order valence-corrected chi connectivity index (χ1v) is 5.75. The van der Waals surface area contributed by atoms with Gasteiger partial charge in [-0.25, -0.2) is 0 Å². The number of hydrogen-bond acceptors (Lipinski definition) is 0. The van der Waals surface area contributed by atoms with Gasteiger partial charge in [0, 0.05) is 0 Å². The molecule has 0 spiro atoms. The van der Waals surface area contributed by atoms with E-state index in [4.69, 9.17) is 0 Å². The average molecular weight is 212 g/mol. The third kappa shape index (κ3) is 4.79. The molecular formula is C16H20. The van der Waals surface area contributed by atoms with Crippen molar-refractivity contribution in [1.82, 2.24) is 0 Å². The van der Waals surface area contributed by atoms with E-state index in [0.717, 1.165) is 12.8 Å². The molecule has 0 aromatic heterocycles. The highest BCUT2D eigenvalue weighted by Gasteiger charge is 1.93. The zero-order valence-electron chi connectivity index (χ0n) is 10.2. The fourth-order valence-electron chi connectivity index (χ4n) is 1.45. The highest BCUT2D eigenvalue weighted by molar-refractivity contribution is 5.24. The van der Waals surface area contributed by atoms with Gasteiger partial charge in [-0.05, 0) is 32.3 Å². The van der Waals surface area contributed by atoms with Crippen LogP contribution in [0, 0.1) is 6.92 Å². The number of allylic oxidation sites excluding steroid dienone is 5. The standard InChI is InChI=1S/C16H20/c1-4-5-6-7-14(2)8-11-16-12-9-15(3)10-13-16/h4-7,9-10,12-13H,2,8,11H2,1,3H3/b5-4-,7-6-. The zero-order valence-corrected chi connectivity index (χ0v) is 10.2. The van der Waals surface area contributed by atoms with Crippen molar-refractivity contribution in [2.24, 2.45) is 0 Å². The van der Waals surface area contributed by atoms with Crippen LogP contribution in [-0.4, -0.2) is 0 Å². The first kappa shape index (κ1) is 12.5. The summed E-state index contributed by atoms with van der Waals surface area (Å²) in [6.07, 6.45) is 10.3. The van der Waals surface area contributed by atoms with Crippen LogP contribution in [0.15, 0.2) is 60.7 Å². The van der Waals surface area contributed by atoms with Crippen molar-refractivity contribution in [3.8, 4) is 0 Å². The molecule has 0 heterocycles. The number of aryl methyl sites for hydroxylation is 2. The van der Waals surface area contributed by atoms with E-state index in [0.29, 0.717) is 0 Å². The van der Waals surface area contributed by atoms with Crippen LogP contribution >= 0.6 is 0 Å². The van der Waals surface area contributed by atoms with E-state index >= 15 is 0 Å². The van der Waals surface area contributed by atoms with Gasteiger partial charge in [-0.1, -0.05) is 66.3 Å². The highest BCUT2D eigenvalue weighted by Crippen LogP contribution is 2.10. The Kier molecular flexibility index (Phi) is 5.35. The summed E-state index contributed by atoms with van der Waals surface area (Å²) in [7, 11) is 0. The SMILES string of the molecule is C=C(/C=C\C=C/C)CCc1ccc(C)cc1. The second-order valence-electron chi connectivity index (χ2n) is 4.03. The summed E-state index contributed by atoms with van der Waals surface area (Å²) in [4.78, 5) is 0. The number of hydrogen-bond donors (Lipinski definition) is 0. The molecule has 84 valence electrons. The summed E-state index contributed by atoms with van der Waals surface area (Å²) in [5, 5.41) is 0. The average Bonchev–Trinajstić information content (AvgIpc) is 2.29. The molecule has 0 aliphatic heterocycles. The molecule has 1 aromatic carbocycles. The maximum Gasteiger partial charge on any atom is -0.0238 e. The van der Waals surface area contributed by atoms with Gasteiger partial charge in [-0.15, -0.1) is 0 Å². The Morgan fingerprint density at radius 3 is 2.50 bits per heavy atom. The molecule has 0 saturated heterocycles. The van der Waals surface area contributed by atoms with Gasteiger partial charge in [0.25, 0.3) is 0 Å². The second kappa shape index (κ2) is 6.84. The molecule has 0 unspecified atom stereocenters. The molecule has 0 aliphatic carbocycles. The van der Waals surface area contributed by atoms with Crippen molar-refractivity contribution in [1.29, 1.82) is 0 Å². The van der Waals surface area contributed by atoms with Crippen molar-refractivity contribution in [3.63, 3.8) is 0 Å². The van der Waals surface area contributed by atoms with Gasteiger partial charge in [0.15, 0.2) is 0 Å². The third-order valence-corrected chi connectivity index (χ3v) is 2.49. The van der Waals surface area contributed by atoms with E-state index in [9.17, 15) is 0 Å². The summed E-state index contributed by atoms with van der Waals surface area (Å²) in [6, 6.07) is 8.71. The lowest BCUT2D eigenvalue weighted by Crippen LogP contribution is -1.86. The van der Waals surface area contributed by atoms with Crippen molar-refractivity contribution >= 4 is 0 Å². The largest absolute Gasteiger partial charge is 0.0958 e. The molecule has 16 heavy (non-hydrogen) atoms. The molecule has 0 fully saturated rings. The fraction of sp³-hybridized carbons (Fsp3) is 0.250. The van der Waals surface area contributed by atoms with Crippen molar-refractivity contribution < 1.29 is 0 Å². The Hall–Kier alpha value is -1.56. The topological polar surface area (TPSA) is 0 Å². The molecule has 0 amide bonds. The van der Waals surface area contributed by atoms with E-state index in [1.165, 1.54) is 16.7 Å². The summed E-state index contributed by atoms with van der Waals surface area (Å²) >= 11 is 0. The minimum atomic E-state index is 1.02. The maximum atomic E-state index is 4.04. The van der Waals surface area contributed by atoms with Crippen molar-refractivity contribution in [2.45, 2.75) is 26.7 Å². The molecule has 0 heteroatoms. The number of rotatable bonds is 5. The predicted molar refractivity (Wildman–Crippen MR) is 72.6 cm³/mol. The molecule has 1 aromatic rings. The second-order valence-corrected chi connectivity index (χ2v) is 4.03. The van der Waals surface area contributed by atoms with Gasteiger partial charge < -0.3 is 0 Å². The molecule has 0 atom stereocenters. The summed E-state index contributed by atoms with van der Waals surface area (Å²) in [5.74, 6) is 0. The smallest absolute Gasteiger partial charge is 0.0238 e. The van der Waals surface area contributed by atoms with E-state index < -0.39 is 0 Å². The molecule has 0 saturated carbocycles. The molecule has 0 nitrogen and oxygen atoms in total. The maximum absolute atomic E-state index is 4.04. The van der Waals surface area contributed by atoms with Gasteiger partial charge >= 0.3 is 0 Å². The van der Waals surface area contributed by atoms with E-state index in [2.05, 4.69) is 43.8 Å².